The molecule has 0 spiro atoms. The number of anilines is 1. The Morgan fingerprint density at radius 1 is 1.30 bits per heavy atom. The molecule has 7 heteroatoms. The Bertz CT molecular complexity index is 766. The number of nitrogens with zero attached hydrogens (tertiary/aromatic N) is 2. The van der Waals surface area contributed by atoms with Gasteiger partial charge in [0.25, 0.3) is 0 Å². The second-order valence-corrected chi connectivity index (χ2v) is 5.46. The lowest BCUT2D eigenvalue weighted by molar-refractivity contribution is -0.136. The topological polar surface area (TPSA) is 43.8 Å². The number of thiophene rings is 1. The van der Waals surface area contributed by atoms with E-state index in [0.717, 1.165) is 17.4 Å². The van der Waals surface area contributed by atoms with Gasteiger partial charge in [0.05, 0.1) is 22.3 Å². The van der Waals surface area contributed by atoms with Crippen molar-refractivity contribution in [3.05, 3.63) is 36.0 Å². The fourth-order valence-corrected chi connectivity index (χ4v) is 3.45. The van der Waals surface area contributed by atoms with Crippen molar-refractivity contribution in [1.82, 2.24) is 9.78 Å². The minimum absolute atomic E-state index is 0.218. The van der Waals surface area contributed by atoms with Gasteiger partial charge in [-0.25, -0.2) is 0 Å². The normalized spacial score (nSPS) is 12.2. The van der Waals surface area contributed by atoms with Gasteiger partial charge in [-0.3, -0.25) is 4.68 Å². The predicted octanol–water partition coefficient (Wildman–Crippen LogP) is 3.90. The molecule has 0 saturated carbocycles. The van der Waals surface area contributed by atoms with Gasteiger partial charge in [0, 0.05) is 11.7 Å². The number of fused-ring (bicyclic) bond motifs is 1. The molecule has 2 aromatic heterocycles. The number of aromatic nitrogens is 2. The minimum Gasteiger partial charge on any atom is -0.396 e. The molecule has 0 radical (unpaired) electrons. The molecular formula is C13H10F3N3S. The number of rotatable bonds is 1. The molecule has 0 unspecified atom stereocenters. The summed E-state index contributed by atoms with van der Waals surface area (Å²) in [5.41, 5.74) is 6.29. The zero-order valence-corrected chi connectivity index (χ0v) is 11.2. The van der Waals surface area contributed by atoms with Gasteiger partial charge in [0.1, 0.15) is 5.69 Å². The smallest absolute Gasteiger partial charge is 0.396 e. The second kappa shape index (κ2) is 4.24. The second-order valence-electron chi connectivity index (χ2n) is 4.40. The molecule has 0 saturated heterocycles. The van der Waals surface area contributed by atoms with Crippen LogP contribution in [0.3, 0.4) is 0 Å². The van der Waals surface area contributed by atoms with Crippen LogP contribution < -0.4 is 5.73 Å². The van der Waals surface area contributed by atoms with E-state index in [2.05, 4.69) is 5.10 Å². The number of hydrogen-bond acceptors (Lipinski definition) is 3. The van der Waals surface area contributed by atoms with Crippen molar-refractivity contribution in [3.8, 4) is 10.6 Å². The summed E-state index contributed by atoms with van der Waals surface area (Å²) in [5.74, 6) is 0. The predicted molar refractivity (Wildman–Crippen MR) is 73.4 cm³/mol. The first-order valence-corrected chi connectivity index (χ1v) is 6.57. The zero-order chi connectivity index (χ0) is 14.5. The van der Waals surface area contributed by atoms with Crippen molar-refractivity contribution in [2.45, 2.75) is 6.18 Å². The highest BCUT2D eigenvalue weighted by Crippen LogP contribution is 2.42. The third-order valence-electron chi connectivity index (χ3n) is 3.05. The van der Waals surface area contributed by atoms with E-state index in [1.165, 1.54) is 12.3 Å². The average molecular weight is 297 g/mol. The van der Waals surface area contributed by atoms with Crippen LogP contribution in [0.25, 0.3) is 20.7 Å². The molecule has 0 atom stereocenters. The number of nitrogen functional groups attached to an aromatic ring is 1. The van der Waals surface area contributed by atoms with Gasteiger partial charge in [-0.1, -0.05) is 12.1 Å². The first-order valence-electron chi connectivity index (χ1n) is 5.75. The van der Waals surface area contributed by atoms with Crippen molar-refractivity contribution < 1.29 is 13.2 Å². The van der Waals surface area contributed by atoms with Crippen LogP contribution in [0.1, 0.15) is 5.56 Å². The van der Waals surface area contributed by atoms with Gasteiger partial charge < -0.3 is 5.73 Å². The van der Waals surface area contributed by atoms with E-state index >= 15 is 0 Å². The van der Waals surface area contributed by atoms with Crippen LogP contribution in [0, 0.1) is 0 Å². The standard InChI is InChI=1S/C13H10F3N3S/c1-19-11(9(17)6-18-19)10-5-7-3-2-4-8(12(7)20-10)13(14,15)16/h2-6H,17H2,1H3. The third kappa shape index (κ3) is 1.94. The number of hydrogen-bond donors (Lipinski definition) is 1. The molecular weight excluding hydrogens is 287 g/mol. The van der Waals surface area contributed by atoms with Crippen LogP contribution in [0.5, 0.6) is 0 Å². The Morgan fingerprint density at radius 2 is 2.05 bits per heavy atom. The summed E-state index contributed by atoms with van der Waals surface area (Å²) in [6.45, 7) is 0. The molecule has 20 heavy (non-hydrogen) atoms. The fraction of sp³-hybridized carbons (Fsp3) is 0.154. The quantitative estimate of drug-likeness (QED) is 0.740. The van der Waals surface area contributed by atoms with Crippen LogP contribution in [0.2, 0.25) is 0 Å². The molecule has 3 nitrogen and oxygen atoms in total. The van der Waals surface area contributed by atoms with E-state index < -0.39 is 11.7 Å². The summed E-state index contributed by atoms with van der Waals surface area (Å²) < 4.78 is 40.8. The number of benzene rings is 1. The molecule has 2 N–H and O–H groups in total. The first-order chi connectivity index (χ1) is 9.38. The highest BCUT2D eigenvalue weighted by molar-refractivity contribution is 7.22. The Balaban J connectivity index is 2.27. The van der Waals surface area contributed by atoms with E-state index in [9.17, 15) is 13.2 Å². The molecule has 104 valence electrons. The van der Waals surface area contributed by atoms with Crippen LogP contribution in [0.4, 0.5) is 18.9 Å². The monoisotopic (exact) mass is 297 g/mol. The molecule has 0 aliphatic carbocycles. The molecule has 1 aromatic carbocycles. The average Bonchev–Trinajstić information content (AvgIpc) is 2.90. The van der Waals surface area contributed by atoms with E-state index in [1.54, 1.807) is 23.9 Å². The SMILES string of the molecule is Cn1ncc(N)c1-c1cc2cccc(C(F)(F)F)c2s1. The van der Waals surface area contributed by atoms with E-state index in [0.29, 0.717) is 21.6 Å². The Morgan fingerprint density at radius 3 is 2.65 bits per heavy atom. The van der Waals surface area contributed by atoms with Crippen LogP contribution in [-0.2, 0) is 13.2 Å². The molecule has 2 heterocycles. The van der Waals surface area contributed by atoms with Gasteiger partial charge in [-0.2, -0.15) is 18.3 Å². The number of halogens is 3. The fourth-order valence-electron chi connectivity index (χ4n) is 2.16. The summed E-state index contributed by atoms with van der Waals surface area (Å²) in [5, 5.41) is 4.57. The molecule has 3 rings (SSSR count). The van der Waals surface area contributed by atoms with E-state index in [1.807, 2.05) is 0 Å². The van der Waals surface area contributed by atoms with Gasteiger partial charge in [-0.05, 0) is 17.5 Å². The number of nitrogens with two attached hydrogens (primary N) is 1. The summed E-state index contributed by atoms with van der Waals surface area (Å²) in [7, 11) is 1.71. The first kappa shape index (κ1) is 13.0. The van der Waals surface area contributed by atoms with Gasteiger partial charge >= 0.3 is 6.18 Å². The van der Waals surface area contributed by atoms with Crippen molar-refractivity contribution in [2.75, 3.05) is 5.73 Å². The van der Waals surface area contributed by atoms with E-state index in [4.69, 9.17) is 5.73 Å². The maximum atomic E-state index is 13.0. The summed E-state index contributed by atoms with van der Waals surface area (Å²) in [6, 6.07) is 5.88. The Labute approximate surface area is 116 Å². The van der Waals surface area contributed by atoms with Gasteiger partial charge in [-0.15, -0.1) is 11.3 Å². The lowest BCUT2D eigenvalue weighted by Crippen LogP contribution is -2.04. The maximum absolute atomic E-state index is 13.0. The lowest BCUT2D eigenvalue weighted by Gasteiger charge is -2.06. The van der Waals surface area contributed by atoms with Crippen LogP contribution in [0.15, 0.2) is 30.5 Å². The lowest BCUT2D eigenvalue weighted by atomic mass is 10.1. The third-order valence-corrected chi connectivity index (χ3v) is 4.24. The van der Waals surface area contributed by atoms with E-state index in [-0.39, 0.29) is 4.70 Å². The van der Waals surface area contributed by atoms with Crippen molar-refractivity contribution >= 4 is 27.1 Å². The zero-order valence-electron chi connectivity index (χ0n) is 10.4. The van der Waals surface area contributed by atoms with Gasteiger partial charge in [0.15, 0.2) is 0 Å². The van der Waals surface area contributed by atoms with Crippen molar-refractivity contribution in [1.29, 1.82) is 0 Å². The Hall–Kier alpha value is -2.02. The van der Waals surface area contributed by atoms with Gasteiger partial charge in [0.2, 0.25) is 0 Å². The molecule has 0 bridgehead atoms. The minimum atomic E-state index is -4.36. The van der Waals surface area contributed by atoms with Crippen LogP contribution in [-0.4, -0.2) is 9.78 Å². The summed E-state index contributed by atoms with van der Waals surface area (Å²) in [6.07, 6.45) is -2.87. The highest BCUT2D eigenvalue weighted by atomic mass is 32.1. The summed E-state index contributed by atoms with van der Waals surface area (Å²) >= 11 is 1.08. The van der Waals surface area contributed by atoms with Crippen LogP contribution >= 0.6 is 11.3 Å². The largest absolute Gasteiger partial charge is 0.417 e. The maximum Gasteiger partial charge on any atom is 0.417 e. The van der Waals surface area contributed by atoms with Crippen molar-refractivity contribution in [3.63, 3.8) is 0 Å². The number of aryl methyl sites for hydroxylation is 1. The summed E-state index contributed by atoms with van der Waals surface area (Å²) in [4.78, 5) is 0.675. The number of alkyl halides is 3. The highest BCUT2D eigenvalue weighted by Gasteiger charge is 2.33. The molecule has 0 aliphatic heterocycles. The molecule has 0 fully saturated rings. The Kier molecular flexibility index (Phi) is 2.75. The molecule has 3 aromatic rings. The molecule has 0 amide bonds. The molecule has 0 aliphatic rings. The van der Waals surface area contributed by atoms with Crippen molar-refractivity contribution in [2.24, 2.45) is 7.05 Å².